The first-order chi connectivity index (χ1) is 13.1. The summed E-state index contributed by atoms with van der Waals surface area (Å²) in [6.07, 6.45) is 4.65. The third-order valence-corrected chi connectivity index (χ3v) is 5.03. The Morgan fingerprint density at radius 2 is 1.85 bits per heavy atom. The van der Waals surface area contributed by atoms with Crippen molar-refractivity contribution in [2.45, 2.75) is 0 Å². The molecule has 0 bridgehead atoms. The van der Waals surface area contributed by atoms with Gasteiger partial charge in [0.1, 0.15) is 0 Å². The average molecular weight is 401 g/mol. The minimum atomic E-state index is -0.310. The first kappa shape index (κ1) is 18.9. The Morgan fingerprint density at radius 3 is 2.63 bits per heavy atom. The highest BCUT2D eigenvalue weighted by molar-refractivity contribution is 7.16. The van der Waals surface area contributed by atoms with Crippen molar-refractivity contribution in [3.05, 3.63) is 76.5 Å². The Bertz CT molecular complexity index is 948. The lowest BCUT2D eigenvalue weighted by Gasteiger charge is -2.03. The molecular formula is C20H17ClN2O3S. The molecule has 7 heteroatoms. The van der Waals surface area contributed by atoms with Gasteiger partial charge in [-0.25, -0.2) is 0 Å². The monoisotopic (exact) mass is 400 g/mol. The molecule has 3 rings (SSSR count). The van der Waals surface area contributed by atoms with E-state index in [2.05, 4.69) is 10.6 Å². The second kappa shape index (κ2) is 9.21. The van der Waals surface area contributed by atoms with Crippen molar-refractivity contribution in [3.8, 4) is 10.4 Å². The summed E-state index contributed by atoms with van der Waals surface area (Å²) < 4.78 is 4.98. The lowest BCUT2D eigenvalue weighted by molar-refractivity contribution is -0.116. The Kier molecular flexibility index (Phi) is 6.46. The zero-order chi connectivity index (χ0) is 19.1. The van der Waals surface area contributed by atoms with E-state index in [1.807, 2.05) is 36.4 Å². The second-order valence-corrected chi connectivity index (χ2v) is 7.06. The van der Waals surface area contributed by atoms with E-state index in [1.54, 1.807) is 29.5 Å². The van der Waals surface area contributed by atoms with Crippen LogP contribution in [0.25, 0.3) is 16.5 Å². The number of carbonyl (C=O) groups is 2. The van der Waals surface area contributed by atoms with Gasteiger partial charge in [-0.15, -0.1) is 11.3 Å². The molecule has 0 atom stereocenters. The number of amides is 2. The maximum Gasteiger partial charge on any atom is 0.287 e. The summed E-state index contributed by atoms with van der Waals surface area (Å²) in [5, 5.41) is 6.07. The van der Waals surface area contributed by atoms with Crippen LogP contribution in [0, 0.1) is 0 Å². The molecule has 2 N–H and O–H groups in total. The third kappa shape index (κ3) is 5.32. The van der Waals surface area contributed by atoms with Gasteiger partial charge in [0, 0.05) is 39.5 Å². The van der Waals surface area contributed by atoms with Crippen LogP contribution >= 0.6 is 22.9 Å². The topological polar surface area (TPSA) is 71.3 Å². The minimum Gasteiger partial charge on any atom is -0.459 e. The third-order valence-electron chi connectivity index (χ3n) is 3.62. The summed E-state index contributed by atoms with van der Waals surface area (Å²) in [5.74, 6) is -0.293. The van der Waals surface area contributed by atoms with E-state index in [4.69, 9.17) is 16.0 Å². The highest BCUT2D eigenvalue weighted by Gasteiger charge is 2.07. The fourth-order valence-electron chi connectivity index (χ4n) is 2.32. The van der Waals surface area contributed by atoms with E-state index >= 15 is 0 Å². The van der Waals surface area contributed by atoms with Gasteiger partial charge in [0.05, 0.1) is 6.26 Å². The van der Waals surface area contributed by atoms with Crippen molar-refractivity contribution < 1.29 is 14.0 Å². The summed E-state index contributed by atoms with van der Waals surface area (Å²) in [6.45, 7) is 0.639. The SMILES string of the molecule is O=C(/C=C/c1ccc(-c2ccccc2Cl)s1)NCCNC(=O)c1ccco1. The van der Waals surface area contributed by atoms with Gasteiger partial charge >= 0.3 is 0 Å². The number of hydrogen-bond donors (Lipinski definition) is 2. The smallest absolute Gasteiger partial charge is 0.287 e. The molecule has 27 heavy (non-hydrogen) atoms. The van der Waals surface area contributed by atoms with E-state index in [9.17, 15) is 9.59 Å². The van der Waals surface area contributed by atoms with Gasteiger partial charge in [-0.2, -0.15) is 0 Å². The maximum atomic E-state index is 11.9. The van der Waals surface area contributed by atoms with Crippen LogP contribution in [0.4, 0.5) is 0 Å². The second-order valence-electron chi connectivity index (χ2n) is 5.54. The average Bonchev–Trinajstić information content (AvgIpc) is 3.35. The standard InChI is InChI=1S/C20H17ClN2O3S/c21-16-5-2-1-4-15(16)18-9-7-14(27-18)8-10-19(24)22-11-12-23-20(25)17-6-3-13-26-17/h1-10,13H,11-12H2,(H,22,24)(H,23,25)/b10-8+. The van der Waals surface area contributed by atoms with Gasteiger partial charge in [0.25, 0.3) is 5.91 Å². The van der Waals surface area contributed by atoms with E-state index in [0.29, 0.717) is 18.1 Å². The molecule has 0 spiro atoms. The molecule has 0 unspecified atom stereocenters. The highest BCUT2D eigenvalue weighted by atomic mass is 35.5. The Labute approximate surface area is 165 Å². The largest absolute Gasteiger partial charge is 0.459 e. The van der Waals surface area contributed by atoms with Crippen LogP contribution in [0.5, 0.6) is 0 Å². The van der Waals surface area contributed by atoms with Crippen LogP contribution in [0.15, 0.2) is 65.3 Å². The molecule has 1 aromatic carbocycles. The van der Waals surface area contributed by atoms with E-state index < -0.39 is 0 Å². The molecule has 0 fully saturated rings. The van der Waals surface area contributed by atoms with Crippen LogP contribution in [0.2, 0.25) is 5.02 Å². The highest BCUT2D eigenvalue weighted by Crippen LogP contribution is 2.33. The maximum absolute atomic E-state index is 11.9. The van der Waals surface area contributed by atoms with E-state index in [0.717, 1.165) is 15.3 Å². The summed E-state index contributed by atoms with van der Waals surface area (Å²) in [6, 6.07) is 14.8. The number of carbonyl (C=O) groups excluding carboxylic acids is 2. The zero-order valence-corrected chi connectivity index (χ0v) is 15.8. The molecule has 2 heterocycles. The van der Waals surface area contributed by atoms with Crippen LogP contribution < -0.4 is 10.6 Å². The molecule has 0 saturated heterocycles. The van der Waals surface area contributed by atoms with Crippen molar-refractivity contribution in [1.29, 1.82) is 0 Å². The van der Waals surface area contributed by atoms with Gasteiger partial charge in [-0.1, -0.05) is 29.8 Å². The van der Waals surface area contributed by atoms with E-state index in [-0.39, 0.29) is 17.6 Å². The van der Waals surface area contributed by atoms with Gasteiger partial charge < -0.3 is 15.1 Å². The number of halogens is 1. The number of nitrogens with one attached hydrogen (secondary N) is 2. The van der Waals surface area contributed by atoms with Crippen molar-refractivity contribution in [3.63, 3.8) is 0 Å². The lowest BCUT2D eigenvalue weighted by Crippen LogP contribution is -2.33. The summed E-state index contributed by atoms with van der Waals surface area (Å²) >= 11 is 7.76. The summed E-state index contributed by atoms with van der Waals surface area (Å²) in [4.78, 5) is 25.5. The van der Waals surface area contributed by atoms with Crippen molar-refractivity contribution in [1.82, 2.24) is 10.6 Å². The molecule has 0 aliphatic carbocycles. The van der Waals surface area contributed by atoms with E-state index in [1.165, 1.54) is 12.3 Å². The number of rotatable bonds is 7. The normalized spacial score (nSPS) is 10.9. The van der Waals surface area contributed by atoms with Gasteiger partial charge in [-0.3, -0.25) is 9.59 Å². The van der Waals surface area contributed by atoms with Crippen LogP contribution in [0.1, 0.15) is 15.4 Å². The predicted octanol–water partition coefficient (Wildman–Crippen LogP) is 4.22. The molecule has 0 radical (unpaired) electrons. The molecule has 0 saturated carbocycles. The van der Waals surface area contributed by atoms with Crippen LogP contribution in [-0.4, -0.2) is 24.9 Å². The number of thiophene rings is 1. The molecule has 5 nitrogen and oxygen atoms in total. The Balaban J connectivity index is 1.45. The van der Waals surface area contributed by atoms with Crippen LogP contribution in [0.3, 0.4) is 0 Å². The summed E-state index contributed by atoms with van der Waals surface area (Å²) in [5.41, 5.74) is 0.973. The van der Waals surface area contributed by atoms with Gasteiger partial charge in [-0.05, 0) is 36.4 Å². The first-order valence-electron chi connectivity index (χ1n) is 8.26. The Morgan fingerprint density at radius 1 is 1.04 bits per heavy atom. The Hall–Kier alpha value is -2.83. The quantitative estimate of drug-likeness (QED) is 0.460. The van der Waals surface area contributed by atoms with Gasteiger partial charge in [0.15, 0.2) is 5.76 Å². The molecular weight excluding hydrogens is 384 g/mol. The minimum absolute atomic E-state index is 0.227. The fourth-order valence-corrected chi connectivity index (χ4v) is 3.57. The zero-order valence-electron chi connectivity index (χ0n) is 14.3. The molecule has 2 aromatic heterocycles. The lowest BCUT2D eigenvalue weighted by atomic mass is 10.2. The van der Waals surface area contributed by atoms with Crippen LogP contribution in [-0.2, 0) is 4.79 Å². The molecule has 138 valence electrons. The number of furan rings is 1. The predicted molar refractivity (Wildman–Crippen MR) is 108 cm³/mol. The van der Waals surface area contributed by atoms with Crippen molar-refractivity contribution in [2.75, 3.05) is 13.1 Å². The molecule has 3 aromatic rings. The van der Waals surface area contributed by atoms with Crippen molar-refractivity contribution >= 4 is 40.8 Å². The number of benzene rings is 1. The molecule has 0 aliphatic rings. The van der Waals surface area contributed by atoms with Crippen molar-refractivity contribution in [2.24, 2.45) is 0 Å². The first-order valence-corrected chi connectivity index (χ1v) is 9.45. The number of hydrogen-bond acceptors (Lipinski definition) is 4. The fraction of sp³-hybridized carbons (Fsp3) is 0.100. The van der Waals surface area contributed by atoms with Gasteiger partial charge in [0.2, 0.25) is 5.91 Å². The molecule has 2 amide bonds. The molecule has 0 aliphatic heterocycles. The summed E-state index contributed by atoms with van der Waals surface area (Å²) in [7, 11) is 0.